The van der Waals surface area contributed by atoms with Crippen molar-refractivity contribution in [3.8, 4) is 0 Å². The normalized spacial score (nSPS) is 27.9. The minimum atomic E-state index is 0.704. The number of aryl methyl sites for hydroxylation is 2. The molecule has 0 aromatic carbocycles. The van der Waals surface area contributed by atoms with Gasteiger partial charge >= 0.3 is 0 Å². The lowest BCUT2D eigenvalue weighted by Crippen LogP contribution is -2.42. The summed E-state index contributed by atoms with van der Waals surface area (Å²) in [4.78, 5) is 0. The molecule has 0 radical (unpaired) electrons. The molecule has 3 rings (SSSR count). The summed E-state index contributed by atoms with van der Waals surface area (Å²) in [5.74, 6) is 2.85. The molecule has 3 nitrogen and oxygen atoms in total. The highest BCUT2D eigenvalue weighted by atomic mass is 16.5. The highest BCUT2D eigenvalue weighted by molar-refractivity contribution is 5.20. The molecule has 3 heteroatoms. The van der Waals surface area contributed by atoms with Crippen molar-refractivity contribution in [1.29, 1.82) is 0 Å². The average Bonchev–Trinajstić information content (AvgIpc) is 2.85. The average molecular weight is 290 g/mol. The molecule has 118 valence electrons. The number of hydrogen-bond donors (Lipinski definition) is 1. The van der Waals surface area contributed by atoms with Gasteiger partial charge in [-0.1, -0.05) is 50.1 Å². The first-order valence-electron chi connectivity index (χ1n) is 8.91. The fourth-order valence-corrected chi connectivity index (χ4v) is 4.53. The largest absolute Gasteiger partial charge is 0.361 e. The van der Waals surface area contributed by atoms with Crippen LogP contribution in [0.4, 0.5) is 0 Å². The summed E-state index contributed by atoms with van der Waals surface area (Å²) in [5, 5.41) is 7.93. The summed E-state index contributed by atoms with van der Waals surface area (Å²) in [6.07, 6.45) is 12.9. The fourth-order valence-electron chi connectivity index (χ4n) is 4.53. The van der Waals surface area contributed by atoms with Gasteiger partial charge in [0.15, 0.2) is 0 Å². The van der Waals surface area contributed by atoms with Gasteiger partial charge in [0.05, 0.1) is 5.69 Å². The highest BCUT2D eigenvalue weighted by Crippen LogP contribution is 2.38. The Morgan fingerprint density at radius 3 is 2.43 bits per heavy atom. The van der Waals surface area contributed by atoms with Gasteiger partial charge in [-0.2, -0.15) is 0 Å². The summed E-state index contributed by atoms with van der Waals surface area (Å²) < 4.78 is 5.29. The van der Waals surface area contributed by atoms with E-state index in [0.717, 1.165) is 29.8 Å². The summed E-state index contributed by atoms with van der Waals surface area (Å²) in [6, 6.07) is 0.704. The van der Waals surface area contributed by atoms with E-state index >= 15 is 0 Å². The first-order chi connectivity index (χ1) is 10.3. The Morgan fingerprint density at radius 1 is 1.00 bits per heavy atom. The quantitative estimate of drug-likeness (QED) is 0.886. The fraction of sp³-hybridized carbons (Fsp3) is 0.833. The van der Waals surface area contributed by atoms with Crippen LogP contribution in [0.5, 0.6) is 0 Å². The Bertz CT molecular complexity index is 429. The smallest absolute Gasteiger partial charge is 0.138 e. The molecule has 1 heterocycles. The maximum absolute atomic E-state index is 5.29. The second-order valence-electron chi connectivity index (χ2n) is 7.14. The Kier molecular flexibility index (Phi) is 4.99. The minimum Gasteiger partial charge on any atom is -0.361 e. The van der Waals surface area contributed by atoms with Gasteiger partial charge in [-0.3, -0.25) is 0 Å². The molecule has 0 amide bonds. The van der Waals surface area contributed by atoms with Gasteiger partial charge in [-0.25, -0.2) is 0 Å². The molecule has 2 aliphatic carbocycles. The standard InChI is InChI=1S/C18H30N2O/c1-13-17(14(2)21-20-13)12-19-18-11-7-6-10-16(18)15-8-4-3-5-9-15/h15-16,18-19H,3-12H2,1-2H3. The van der Waals surface area contributed by atoms with Crippen molar-refractivity contribution in [2.45, 2.75) is 84.2 Å². The molecular weight excluding hydrogens is 260 g/mol. The van der Waals surface area contributed by atoms with E-state index in [2.05, 4.69) is 10.5 Å². The number of rotatable bonds is 4. The minimum absolute atomic E-state index is 0.704. The summed E-state index contributed by atoms with van der Waals surface area (Å²) in [5.41, 5.74) is 2.31. The third kappa shape index (κ3) is 3.50. The lowest BCUT2D eigenvalue weighted by Gasteiger charge is -2.39. The van der Waals surface area contributed by atoms with E-state index in [1.165, 1.54) is 63.4 Å². The third-order valence-corrected chi connectivity index (χ3v) is 5.80. The molecule has 0 aliphatic heterocycles. The number of nitrogens with zero attached hydrogens (tertiary/aromatic N) is 1. The molecule has 2 unspecified atom stereocenters. The Labute approximate surface area is 128 Å². The maximum atomic E-state index is 5.29. The summed E-state index contributed by atoms with van der Waals surface area (Å²) >= 11 is 0. The molecule has 0 saturated heterocycles. The zero-order valence-corrected chi connectivity index (χ0v) is 13.7. The molecule has 2 atom stereocenters. The summed E-state index contributed by atoms with van der Waals surface area (Å²) in [6.45, 7) is 5.00. The van der Waals surface area contributed by atoms with Crippen LogP contribution in [0.2, 0.25) is 0 Å². The molecular formula is C18H30N2O. The van der Waals surface area contributed by atoms with Crippen LogP contribution in [-0.4, -0.2) is 11.2 Å². The van der Waals surface area contributed by atoms with Gasteiger partial charge < -0.3 is 9.84 Å². The van der Waals surface area contributed by atoms with E-state index < -0.39 is 0 Å². The lowest BCUT2D eigenvalue weighted by atomic mass is 9.71. The second kappa shape index (κ2) is 6.95. The van der Waals surface area contributed by atoms with Gasteiger partial charge in [-0.15, -0.1) is 0 Å². The predicted molar refractivity (Wildman–Crippen MR) is 85.1 cm³/mol. The molecule has 2 fully saturated rings. The van der Waals surface area contributed by atoms with Gasteiger partial charge in [0, 0.05) is 18.2 Å². The van der Waals surface area contributed by atoms with Crippen molar-refractivity contribution in [2.75, 3.05) is 0 Å². The molecule has 0 spiro atoms. The second-order valence-corrected chi connectivity index (χ2v) is 7.14. The van der Waals surface area contributed by atoms with Crippen LogP contribution in [-0.2, 0) is 6.54 Å². The van der Waals surface area contributed by atoms with Crippen molar-refractivity contribution in [2.24, 2.45) is 11.8 Å². The van der Waals surface area contributed by atoms with E-state index in [0.29, 0.717) is 6.04 Å². The zero-order valence-electron chi connectivity index (χ0n) is 13.7. The molecule has 0 bridgehead atoms. The van der Waals surface area contributed by atoms with E-state index in [9.17, 15) is 0 Å². The van der Waals surface area contributed by atoms with Gasteiger partial charge in [0.25, 0.3) is 0 Å². The van der Waals surface area contributed by atoms with Gasteiger partial charge in [0.1, 0.15) is 5.76 Å². The van der Waals surface area contributed by atoms with Crippen molar-refractivity contribution in [3.63, 3.8) is 0 Å². The molecule has 2 aliphatic rings. The monoisotopic (exact) mass is 290 g/mol. The zero-order chi connectivity index (χ0) is 14.7. The maximum Gasteiger partial charge on any atom is 0.138 e. The van der Waals surface area contributed by atoms with Crippen LogP contribution in [0.1, 0.15) is 74.8 Å². The van der Waals surface area contributed by atoms with Crippen LogP contribution in [0.3, 0.4) is 0 Å². The van der Waals surface area contributed by atoms with Gasteiger partial charge in [0.2, 0.25) is 0 Å². The molecule has 2 saturated carbocycles. The predicted octanol–water partition coefficient (Wildman–Crippen LogP) is 4.52. The van der Waals surface area contributed by atoms with Crippen LogP contribution < -0.4 is 5.32 Å². The molecule has 1 aromatic heterocycles. The number of aromatic nitrogens is 1. The van der Waals surface area contributed by atoms with Crippen molar-refractivity contribution in [1.82, 2.24) is 10.5 Å². The highest BCUT2D eigenvalue weighted by Gasteiger charge is 2.32. The lowest BCUT2D eigenvalue weighted by molar-refractivity contribution is 0.149. The van der Waals surface area contributed by atoms with Crippen LogP contribution >= 0.6 is 0 Å². The van der Waals surface area contributed by atoms with Crippen LogP contribution in [0.25, 0.3) is 0 Å². The van der Waals surface area contributed by atoms with E-state index in [1.54, 1.807) is 0 Å². The number of hydrogen-bond acceptors (Lipinski definition) is 3. The van der Waals surface area contributed by atoms with Crippen molar-refractivity contribution < 1.29 is 4.52 Å². The first-order valence-corrected chi connectivity index (χ1v) is 8.91. The van der Waals surface area contributed by atoms with E-state index in [-0.39, 0.29) is 0 Å². The SMILES string of the molecule is Cc1noc(C)c1CNC1CCCCC1C1CCCCC1. The van der Waals surface area contributed by atoms with Crippen LogP contribution in [0.15, 0.2) is 4.52 Å². The van der Waals surface area contributed by atoms with E-state index in [4.69, 9.17) is 4.52 Å². The molecule has 21 heavy (non-hydrogen) atoms. The first kappa shape index (κ1) is 15.1. The molecule has 1 aromatic rings. The van der Waals surface area contributed by atoms with Gasteiger partial charge in [-0.05, 0) is 38.5 Å². The Hall–Kier alpha value is -0.830. The van der Waals surface area contributed by atoms with E-state index in [1.807, 2.05) is 13.8 Å². The third-order valence-electron chi connectivity index (χ3n) is 5.80. The summed E-state index contributed by atoms with van der Waals surface area (Å²) in [7, 11) is 0. The Morgan fingerprint density at radius 2 is 1.71 bits per heavy atom. The topological polar surface area (TPSA) is 38.1 Å². The van der Waals surface area contributed by atoms with Crippen molar-refractivity contribution in [3.05, 3.63) is 17.0 Å². The molecule has 1 N–H and O–H groups in total. The number of nitrogens with one attached hydrogen (secondary N) is 1. The Balaban J connectivity index is 1.61. The van der Waals surface area contributed by atoms with Crippen LogP contribution in [0, 0.1) is 25.7 Å². The van der Waals surface area contributed by atoms with Crippen molar-refractivity contribution >= 4 is 0 Å².